The van der Waals surface area contributed by atoms with Crippen molar-refractivity contribution < 1.29 is 4.39 Å². The molecule has 2 nitrogen and oxygen atoms in total. The minimum absolute atomic E-state index is 0.358. The van der Waals surface area contributed by atoms with Gasteiger partial charge in [0.15, 0.2) is 5.82 Å². The van der Waals surface area contributed by atoms with Crippen molar-refractivity contribution in [2.75, 3.05) is 12.4 Å². The fourth-order valence-electron chi connectivity index (χ4n) is 1.83. The second-order valence-corrected chi connectivity index (χ2v) is 4.17. The van der Waals surface area contributed by atoms with Crippen LogP contribution in [0.15, 0.2) is 12.1 Å². The summed E-state index contributed by atoms with van der Waals surface area (Å²) in [6.07, 6.45) is 0. The molecule has 2 rings (SSSR count). The van der Waals surface area contributed by atoms with Crippen molar-refractivity contribution in [2.24, 2.45) is 0 Å². The van der Waals surface area contributed by atoms with E-state index < -0.39 is 0 Å². The number of halogens is 2. The van der Waals surface area contributed by atoms with Gasteiger partial charge in [-0.2, -0.15) is 0 Å². The van der Waals surface area contributed by atoms with Gasteiger partial charge in [-0.25, -0.2) is 9.37 Å². The Balaban J connectivity index is 2.96. The van der Waals surface area contributed by atoms with Gasteiger partial charge >= 0.3 is 0 Å². The standard InChI is InChI=1S/C12H12ClFN2/c1-6-7(2)16-12-9(11(6)15-3)4-8(13)5-10(12)14/h4-5H,1-3H3,(H,15,16). The summed E-state index contributed by atoms with van der Waals surface area (Å²) in [5.74, 6) is -0.387. The molecule has 1 aromatic carbocycles. The first kappa shape index (κ1) is 11.1. The van der Waals surface area contributed by atoms with Crippen molar-refractivity contribution in [1.29, 1.82) is 0 Å². The Morgan fingerprint density at radius 2 is 2.00 bits per heavy atom. The molecule has 1 N–H and O–H groups in total. The van der Waals surface area contributed by atoms with Crippen molar-refractivity contribution in [2.45, 2.75) is 13.8 Å². The first-order valence-electron chi connectivity index (χ1n) is 4.98. The third kappa shape index (κ3) is 1.61. The van der Waals surface area contributed by atoms with E-state index in [-0.39, 0.29) is 5.82 Å². The minimum atomic E-state index is -0.387. The Labute approximate surface area is 98.4 Å². The van der Waals surface area contributed by atoms with Gasteiger partial charge in [0.25, 0.3) is 0 Å². The summed E-state index contributed by atoms with van der Waals surface area (Å²) >= 11 is 5.85. The second-order valence-electron chi connectivity index (χ2n) is 3.73. The number of fused-ring (bicyclic) bond motifs is 1. The highest BCUT2D eigenvalue weighted by Gasteiger charge is 2.12. The number of aryl methyl sites for hydroxylation is 1. The van der Waals surface area contributed by atoms with Crippen molar-refractivity contribution in [3.05, 3.63) is 34.2 Å². The summed E-state index contributed by atoms with van der Waals surface area (Å²) in [5.41, 5.74) is 3.07. The van der Waals surface area contributed by atoms with Gasteiger partial charge in [-0.1, -0.05) is 11.6 Å². The van der Waals surface area contributed by atoms with Crippen LogP contribution in [0.25, 0.3) is 10.9 Å². The number of hydrogen-bond acceptors (Lipinski definition) is 2. The van der Waals surface area contributed by atoms with Crippen molar-refractivity contribution >= 4 is 28.2 Å². The van der Waals surface area contributed by atoms with Crippen LogP contribution in [0.4, 0.5) is 10.1 Å². The highest BCUT2D eigenvalue weighted by molar-refractivity contribution is 6.31. The monoisotopic (exact) mass is 238 g/mol. The molecule has 16 heavy (non-hydrogen) atoms. The number of hydrogen-bond donors (Lipinski definition) is 1. The highest BCUT2D eigenvalue weighted by Crippen LogP contribution is 2.31. The van der Waals surface area contributed by atoms with E-state index in [1.807, 2.05) is 13.8 Å². The van der Waals surface area contributed by atoms with E-state index in [0.717, 1.165) is 22.3 Å². The van der Waals surface area contributed by atoms with Crippen LogP contribution in [-0.4, -0.2) is 12.0 Å². The fraction of sp³-hybridized carbons (Fsp3) is 0.250. The van der Waals surface area contributed by atoms with Gasteiger partial charge in [0.05, 0.1) is 0 Å². The first-order chi connectivity index (χ1) is 7.54. The topological polar surface area (TPSA) is 24.9 Å². The Morgan fingerprint density at radius 1 is 1.31 bits per heavy atom. The van der Waals surface area contributed by atoms with E-state index in [2.05, 4.69) is 10.3 Å². The maximum Gasteiger partial charge on any atom is 0.150 e. The lowest BCUT2D eigenvalue weighted by Gasteiger charge is -2.12. The highest BCUT2D eigenvalue weighted by atomic mass is 35.5. The molecule has 0 bridgehead atoms. The van der Waals surface area contributed by atoms with Gasteiger partial charge in [-0.15, -0.1) is 0 Å². The van der Waals surface area contributed by atoms with E-state index in [0.29, 0.717) is 10.5 Å². The maximum absolute atomic E-state index is 13.7. The molecular formula is C12H12ClFN2. The first-order valence-corrected chi connectivity index (χ1v) is 5.36. The summed E-state index contributed by atoms with van der Waals surface area (Å²) < 4.78 is 13.7. The number of benzene rings is 1. The maximum atomic E-state index is 13.7. The predicted octanol–water partition coefficient (Wildman–Crippen LogP) is 3.69. The minimum Gasteiger partial charge on any atom is -0.387 e. The molecule has 0 aliphatic heterocycles. The molecular weight excluding hydrogens is 227 g/mol. The van der Waals surface area contributed by atoms with Crippen LogP contribution in [0.3, 0.4) is 0 Å². The third-order valence-electron chi connectivity index (χ3n) is 2.74. The molecule has 1 aromatic heterocycles. The van der Waals surface area contributed by atoms with E-state index in [1.54, 1.807) is 13.1 Å². The average Bonchev–Trinajstić information content (AvgIpc) is 2.22. The van der Waals surface area contributed by atoms with Crippen LogP contribution in [0.2, 0.25) is 5.02 Å². The van der Waals surface area contributed by atoms with E-state index in [1.165, 1.54) is 6.07 Å². The number of nitrogens with zero attached hydrogens (tertiary/aromatic N) is 1. The van der Waals surface area contributed by atoms with E-state index in [9.17, 15) is 4.39 Å². The van der Waals surface area contributed by atoms with Crippen molar-refractivity contribution in [1.82, 2.24) is 4.98 Å². The number of pyridine rings is 1. The smallest absolute Gasteiger partial charge is 0.150 e. The Kier molecular flexibility index (Phi) is 2.72. The zero-order chi connectivity index (χ0) is 11.9. The normalized spacial score (nSPS) is 10.8. The van der Waals surface area contributed by atoms with Crippen molar-refractivity contribution in [3.8, 4) is 0 Å². The Hall–Kier alpha value is -1.35. The average molecular weight is 239 g/mol. The van der Waals surface area contributed by atoms with E-state index in [4.69, 9.17) is 11.6 Å². The van der Waals surface area contributed by atoms with Crippen LogP contribution in [0.1, 0.15) is 11.3 Å². The van der Waals surface area contributed by atoms with Gasteiger partial charge in [0, 0.05) is 28.8 Å². The summed E-state index contributed by atoms with van der Waals surface area (Å²) in [6.45, 7) is 3.82. The van der Waals surface area contributed by atoms with Gasteiger partial charge in [0.1, 0.15) is 5.52 Å². The SMILES string of the molecule is CNc1c(C)c(C)nc2c(F)cc(Cl)cc12. The largest absolute Gasteiger partial charge is 0.387 e. The molecule has 0 saturated carbocycles. The van der Waals surface area contributed by atoms with Gasteiger partial charge in [0.2, 0.25) is 0 Å². The molecule has 0 aliphatic carbocycles. The van der Waals surface area contributed by atoms with Crippen LogP contribution in [-0.2, 0) is 0 Å². The molecule has 0 atom stereocenters. The molecule has 0 saturated heterocycles. The zero-order valence-corrected chi connectivity index (χ0v) is 10.1. The molecule has 0 spiro atoms. The predicted molar refractivity (Wildman–Crippen MR) is 65.7 cm³/mol. The number of aromatic nitrogens is 1. The number of anilines is 1. The van der Waals surface area contributed by atoms with Crippen LogP contribution >= 0.6 is 11.6 Å². The lowest BCUT2D eigenvalue weighted by Crippen LogP contribution is -1.99. The second kappa shape index (κ2) is 3.91. The lowest BCUT2D eigenvalue weighted by atomic mass is 10.1. The molecule has 4 heteroatoms. The number of nitrogens with one attached hydrogen (secondary N) is 1. The zero-order valence-electron chi connectivity index (χ0n) is 9.36. The lowest BCUT2D eigenvalue weighted by molar-refractivity contribution is 0.636. The number of rotatable bonds is 1. The molecule has 1 heterocycles. The molecule has 0 unspecified atom stereocenters. The van der Waals surface area contributed by atoms with Crippen LogP contribution in [0.5, 0.6) is 0 Å². The molecule has 0 aliphatic rings. The summed E-state index contributed by atoms with van der Waals surface area (Å²) in [7, 11) is 1.81. The van der Waals surface area contributed by atoms with E-state index >= 15 is 0 Å². The van der Waals surface area contributed by atoms with Crippen LogP contribution < -0.4 is 5.32 Å². The molecule has 0 radical (unpaired) electrons. The molecule has 0 amide bonds. The van der Waals surface area contributed by atoms with Gasteiger partial charge in [-0.3, -0.25) is 0 Å². The molecule has 84 valence electrons. The summed E-state index contributed by atoms with van der Waals surface area (Å²) in [4.78, 5) is 4.25. The Bertz CT molecular complexity index is 567. The third-order valence-corrected chi connectivity index (χ3v) is 2.96. The fourth-order valence-corrected chi connectivity index (χ4v) is 2.03. The van der Waals surface area contributed by atoms with Gasteiger partial charge in [-0.05, 0) is 31.5 Å². The summed E-state index contributed by atoms with van der Waals surface area (Å²) in [6, 6.07) is 3.01. The summed E-state index contributed by atoms with van der Waals surface area (Å²) in [5, 5.41) is 4.17. The quantitative estimate of drug-likeness (QED) is 0.820. The van der Waals surface area contributed by atoms with Crippen LogP contribution in [0, 0.1) is 19.7 Å². The molecule has 0 fully saturated rings. The Morgan fingerprint density at radius 3 is 2.62 bits per heavy atom. The van der Waals surface area contributed by atoms with Crippen molar-refractivity contribution in [3.63, 3.8) is 0 Å². The van der Waals surface area contributed by atoms with Gasteiger partial charge < -0.3 is 5.32 Å². The molecule has 2 aromatic rings.